The van der Waals surface area contributed by atoms with Gasteiger partial charge in [0.05, 0.1) is 34.1 Å². The monoisotopic (exact) mass is 413 g/mol. The molecule has 4 rings (SSSR count). The van der Waals surface area contributed by atoms with Crippen LogP contribution in [0.1, 0.15) is 18.7 Å². The van der Waals surface area contributed by atoms with E-state index in [1.165, 1.54) is 11.8 Å². The first-order chi connectivity index (χ1) is 13.7. The van der Waals surface area contributed by atoms with Crippen LogP contribution in [-0.2, 0) is 10.5 Å². The number of thioether (sulfide) groups is 1. The van der Waals surface area contributed by atoms with Crippen LogP contribution in [0.15, 0.2) is 62.3 Å². The average Bonchev–Trinajstić information content (AvgIpc) is 3.38. The number of aromatic nitrogens is 3. The SMILES string of the molecule is COCC(C)n1c(SCc2cc(-c3cccs3)on2)nc2ccccc2c1=O. The Kier molecular flexibility index (Phi) is 5.61. The van der Waals surface area contributed by atoms with Crippen molar-refractivity contribution in [3.05, 3.63) is 63.9 Å². The van der Waals surface area contributed by atoms with Crippen LogP contribution in [0.3, 0.4) is 0 Å². The molecule has 0 radical (unpaired) electrons. The summed E-state index contributed by atoms with van der Waals surface area (Å²) < 4.78 is 12.4. The van der Waals surface area contributed by atoms with Crippen LogP contribution in [0.4, 0.5) is 0 Å². The van der Waals surface area contributed by atoms with Gasteiger partial charge in [-0.1, -0.05) is 35.1 Å². The lowest BCUT2D eigenvalue weighted by Crippen LogP contribution is -2.28. The smallest absolute Gasteiger partial charge is 0.262 e. The van der Waals surface area contributed by atoms with Crippen LogP contribution in [0, 0.1) is 0 Å². The van der Waals surface area contributed by atoms with Crippen LogP contribution in [-0.4, -0.2) is 28.4 Å². The van der Waals surface area contributed by atoms with Gasteiger partial charge in [0, 0.05) is 18.9 Å². The van der Waals surface area contributed by atoms with Gasteiger partial charge in [0.2, 0.25) is 0 Å². The van der Waals surface area contributed by atoms with Gasteiger partial charge in [-0.3, -0.25) is 9.36 Å². The lowest BCUT2D eigenvalue weighted by atomic mass is 10.2. The number of benzene rings is 1. The number of nitrogens with zero attached hydrogens (tertiary/aromatic N) is 3. The van der Waals surface area contributed by atoms with Crippen LogP contribution in [0.2, 0.25) is 0 Å². The topological polar surface area (TPSA) is 70.2 Å². The van der Waals surface area contributed by atoms with E-state index in [1.807, 2.05) is 48.7 Å². The minimum Gasteiger partial charge on any atom is -0.383 e. The molecule has 0 aliphatic heterocycles. The molecule has 0 fully saturated rings. The largest absolute Gasteiger partial charge is 0.383 e. The first-order valence-electron chi connectivity index (χ1n) is 8.80. The summed E-state index contributed by atoms with van der Waals surface area (Å²) in [6.45, 7) is 2.39. The normalized spacial score (nSPS) is 12.5. The minimum absolute atomic E-state index is 0.0583. The average molecular weight is 414 g/mol. The molecule has 3 aromatic heterocycles. The quantitative estimate of drug-likeness (QED) is 0.325. The number of rotatable bonds is 7. The molecule has 0 saturated heterocycles. The van der Waals surface area contributed by atoms with Gasteiger partial charge in [0.25, 0.3) is 5.56 Å². The molecule has 0 bridgehead atoms. The van der Waals surface area contributed by atoms with E-state index in [9.17, 15) is 4.79 Å². The third-order valence-corrected chi connectivity index (χ3v) is 6.17. The van der Waals surface area contributed by atoms with Gasteiger partial charge < -0.3 is 9.26 Å². The Bertz CT molecular complexity index is 1140. The van der Waals surface area contributed by atoms with Crippen molar-refractivity contribution in [2.75, 3.05) is 13.7 Å². The maximum absolute atomic E-state index is 13.1. The van der Waals surface area contributed by atoms with Gasteiger partial charge >= 0.3 is 0 Å². The highest BCUT2D eigenvalue weighted by Gasteiger charge is 2.17. The molecule has 0 amide bonds. The number of thiophene rings is 1. The summed E-state index contributed by atoms with van der Waals surface area (Å²) in [6, 6.07) is 13.2. The third kappa shape index (κ3) is 3.76. The summed E-state index contributed by atoms with van der Waals surface area (Å²) in [5.41, 5.74) is 1.44. The standard InChI is InChI=1S/C20H19N3O3S2/c1-13(11-25-2)23-19(24)15-6-3-4-7-16(15)21-20(23)28-12-14-10-17(26-22-14)18-8-5-9-27-18/h3-10,13H,11-12H2,1-2H3. The molecule has 0 spiro atoms. The summed E-state index contributed by atoms with van der Waals surface area (Å²) in [5, 5.41) is 7.41. The Morgan fingerprint density at radius 2 is 2.14 bits per heavy atom. The third-order valence-electron chi connectivity index (χ3n) is 4.30. The molecule has 8 heteroatoms. The zero-order valence-electron chi connectivity index (χ0n) is 15.5. The van der Waals surface area contributed by atoms with E-state index in [1.54, 1.807) is 29.1 Å². The fourth-order valence-corrected chi connectivity index (χ4v) is 4.64. The number of fused-ring (bicyclic) bond motifs is 1. The van der Waals surface area contributed by atoms with E-state index in [4.69, 9.17) is 14.2 Å². The number of hydrogen-bond acceptors (Lipinski definition) is 7. The molecule has 0 saturated carbocycles. The fourth-order valence-electron chi connectivity index (χ4n) is 2.99. The summed E-state index contributed by atoms with van der Waals surface area (Å²) in [5.74, 6) is 1.31. The maximum atomic E-state index is 13.1. The number of ether oxygens (including phenoxy) is 1. The van der Waals surface area contributed by atoms with Crippen LogP contribution in [0.25, 0.3) is 21.5 Å². The molecule has 0 aliphatic carbocycles. The molecular weight excluding hydrogens is 394 g/mol. The van der Waals surface area contributed by atoms with E-state index in [0.29, 0.717) is 28.4 Å². The summed E-state index contributed by atoms with van der Waals surface area (Å²) in [6.07, 6.45) is 0. The molecule has 1 unspecified atom stereocenters. The van der Waals surface area contributed by atoms with Crippen molar-refractivity contribution in [2.24, 2.45) is 0 Å². The Balaban J connectivity index is 1.65. The van der Waals surface area contributed by atoms with Gasteiger partial charge in [-0.2, -0.15) is 0 Å². The van der Waals surface area contributed by atoms with E-state index >= 15 is 0 Å². The van der Waals surface area contributed by atoms with Crippen LogP contribution in [0.5, 0.6) is 0 Å². The molecule has 144 valence electrons. The van der Waals surface area contributed by atoms with Crippen molar-refractivity contribution in [3.63, 3.8) is 0 Å². The van der Waals surface area contributed by atoms with Crippen molar-refractivity contribution in [3.8, 4) is 10.6 Å². The molecule has 0 aliphatic rings. The second-order valence-electron chi connectivity index (χ2n) is 6.34. The predicted octanol–water partition coefficient (Wildman–Crippen LogP) is 4.61. The van der Waals surface area contributed by atoms with Crippen molar-refractivity contribution < 1.29 is 9.26 Å². The lowest BCUT2D eigenvalue weighted by molar-refractivity contribution is 0.156. The first kappa shape index (κ1) is 18.9. The van der Waals surface area contributed by atoms with E-state index in [0.717, 1.165) is 16.3 Å². The predicted molar refractivity (Wildman–Crippen MR) is 112 cm³/mol. The zero-order valence-corrected chi connectivity index (χ0v) is 17.1. The zero-order chi connectivity index (χ0) is 19.5. The highest BCUT2D eigenvalue weighted by Crippen LogP contribution is 2.28. The molecule has 28 heavy (non-hydrogen) atoms. The summed E-state index contributed by atoms with van der Waals surface area (Å²) >= 11 is 3.08. The Hall–Kier alpha value is -2.42. The lowest BCUT2D eigenvalue weighted by Gasteiger charge is -2.18. The number of hydrogen-bond donors (Lipinski definition) is 0. The summed E-state index contributed by atoms with van der Waals surface area (Å²) in [7, 11) is 1.63. The van der Waals surface area contributed by atoms with Crippen LogP contribution < -0.4 is 5.56 Å². The second kappa shape index (κ2) is 8.30. The Morgan fingerprint density at radius 1 is 1.29 bits per heavy atom. The van der Waals surface area contributed by atoms with E-state index < -0.39 is 0 Å². The number of para-hydroxylation sites is 1. The number of methoxy groups -OCH3 is 1. The van der Waals surface area contributed by atoms with Gasteiger partial charge in [-0.15, -0.1) is 11.3 Å². The highest BCUT2D eigenvalue weighted by atomic mass is 32.2. The molecule has 3 heterocycles. The fraction of sp³-hybridized carbons (Fsp3) is 0.250. The molecule has 6 nitrogen and oxygen atoms in total. The van der Waals surface area contributed by atoms with Gasteiger partial charge in [-0.25, -0.2) is 4.98 Å². The van der Waals surface area contributed by atoms with Crippen molar-refractivity contribution in [1.82, 2.24) is 14.7 Å². The highest BCUT2D eigenvalue weighted by molar-refractivity contribution is 7.98. The molecule has 1 atom stereocenters. The molecular formula is C20H19N3O3S2. The van der Waals surface area contributed by atoms with Gasteiger partial charge in [0.15, 0.2) is 10.9 Å². The Labute approximate surface area is 170 Å². The first-order valence-corrected chi connectivity index (χ1v) is 10.7. The van der Waals surface area contributed by atoms with E-state index in [-0.39, 0.29) is 11.6 Å². The Morgan fingerprint density at radius 3 is 2.93 bits per heavy atom. The van der Waals surface area contributed by atoms with Crippen molar-refractivity contribution >= 4 is 34.0 Å². The van der Waals surface area contributed by atoms with Crippen molar-refractivity contribution in [2.45, 2.75) is 23.9 Å². The van der Waals surface area contributed by atoms with Crippen molar-refractivity contribution in [1.29, 1.82) is 0 Å². The van der Waals surface area contributed by atoms with Crippen LogP contribution >= 0.6 is 23.1 Å². The maximum Gasteiger partial charge on any atom is 0.262 e. The van der Waals surface area contributed by atoms with Gasteiger partial charge in [0.1, 0.15) is 0 Å². The molecule has 0 N–H and O–H groups in total. The minimum atomic E-state index is -0.129. The van der Waals surface area contributed by atoms with Gasteiger partial charge in [-0.05, 0) is 30.5 Å². The molecule has 1 aromatic carbocycles. The van der Waals surface area contributed by atoms with E-state index in [2.05, 4.69) is 5.16 Å². The summed E-state index contributed by atoms with van der Waals surface area (Å²) in [4.78, 5) is 18.8. The molecule has 4 aromatic rings. The second-order valence-corrected chi connectivity index (χ2v) is 8.23.